The third-order valence-corrected chi connectivity index (χ3v) is 6.51. The van der Waals surface area contributed by atoms with Crippen molar-refractivity contribution in [2.24, 2.45) is 0 Å². The molecule has 1 aliphatic heterocycles. The van der Waals surface area contributed by atoms with E-state index >= 15 is 0 Å². The van der Waals surface area contributed by atoms with Gasteiger partial charge < -0.3 is 14.4 Å². The molecule has 2 heterocycles. The van der Waals surface area contributed by atoms with Crippen LogP contribution in [0, 0.1) is 0 Å². The molecule has 1 saturated carbocycles. The third kappa shape index (κ3) is 4.72. The van der Waals surface area contributed by atoms with Gasteiger partial charge >= 0.3 is 0 Å². The fourth-order valence-corrected chi connectivity index (χ4v) is 4.77. The fraction of sp³-hybridized carbons (Fsp3) is 0.423. The maximum atomic E-state index is 11.1. The van der Waals surface area contributed by atoms with Crippen molar-refractivity contribution in [3.63, 3.8) is 0 Å². The first kappa shape index (κ1) is 21.2. The number of aliphatic hydroxyl groups is 1. The maximum absolute atomic E-state index is 11.1. The van der Waals surface area contributed by atoms with Crippen LogP contribution in [-0.4, -0.2) is 34.3 Å². The number of para-hydroxylation sites is 1. The Bertz CT molecular complexity index is 1090. The second-order valence-electron chi connectivity index (χ2n) is 9.17. The van der Waals surface area contributed by atoms with E-state index in [9.17, 15) is 9.90 Å². The van der Waals surface area contributed by atoms with Gasteiger partial charge in [-0.15, -0.1) is 0 Å². The molecule has 2 aliphatic rings. The number of hydrogen-bond acceptors (Lipinski definition) is 4. The summed E-state index contributed by atoms with van der Waals surface area (Å²) in [5, 5.41) is 11.7. The second kappa shape index (κ2) is 9.06. The van der Waals surface area contributed by atoms with Gasteiger partial charge in [-0.1, -0.05) is 42.5 Å². The number of hydrogen-bond donors (Lipinski definition) is 3. The molecule has 3 N–H and O–H groups in total. The van der Waals surface area contributed by atoms with Gasteiger partial charge in [-0.2, -0.15) is 0 Å². The van der Waals surface area contributed by atoms with Crippen molar-refractivity contribution in [2.75, 3.05) is 6.54 Å². The van der Waals surface area contributed by atoms with Crippen molar-refractivity contribution >= 4 is 16.8 Å². The second-order valence-corrected chi connectivity index (χ2v) is 9.17. The van der Waals surface area contributed by atoms with Crippen molar-refractivity contribution in [3.8, 4) is 0 Å². The number of aromatic nitrogens is 1. The summed E-state index contributed by atoms with van der Waals surface area (Å²) in [4.78, 5) is 11.1. The van der Waals surface area contributed by atoms with Crippen LogP contribution in [0.4, 0.5) is 0 Å². The average Bonchev–Trinajstić information content (AvgIpc) is 3.56. The molecule has 6 nitrogen and oxygen atoms in total. The first-order valence-electron chi connectivity index (χ1n) is 11.6. The van der Waals surface area contributed by atoms with Gasteiger partial charge in [0.15, 0.2) is 0 Å². The minimum atomic E-state index is -0.447. The highest BCUT2D eigenvalue weighted by molar-refractivity contribution is 5.84. The van der Waals surface area contributed by atoms with Gasteiger partial charge in [-0.3, -0.25) is 10.2 Å². The number of nitrogens with zero attached hydrogens (tertiary/aromatic N) is 1. The predicted octanol–water partition coefficient (Wildman–Crippen LogP) is 3.79. The number of fused-ring (bicyclic) bond motifs is 1. The topological polar surface area (TPSA) is 75.5 Å². The molecule has 3 atom stereocenters. The molecule has 0 unspecified atom stereocenters. The standard InChI is InChI=1S/C26H31N3O3/c1-17(30)28-27-15-23-13-22(31)14-26(32-23)29-16-21(24-4-2-3-5-25(24)29)12-18-6-8-19(9-7-18)20-10-11-20/h2-9,16,20,22-23,26-27,31H,10-15H2,1H3,(H,28,30)/t22-,23-,26+/m0/s1. The summed E-state index contributed by atoms with van der Waals surface area (Å²) in [6.45, 7) is 1.91. The van der Waals surface area contributed by atoms with E-state index in [1.165, 1.54) is 41.8 Å². The number of carbonyl (C=O) groups is 1. The van der Waals surface area contributed by atoms with E-state index in [4.69, 9.17) is 4.74 Å². The summed E-state index contributed by atoms with van der Waals surface area (Å²) in [6, 6.07) is 17.5. The highest BCUT2D eigenvalue weighted by Crippen LogP contribution is 2.40. The molecule has 0 spiro atoms. The quantitative estimate of drug-likeness (QED) is 0.496. The molecule has 2 aromatic carbocycles. The lowest BCUT2D eigenvalue weighted by Gasteiger charge is -2.34. The Hall–Kier alpha value is -2.67. The zero-order valence-corrected chi connectivity index (χ0v) is 18.5. The van der Waals surface area contributed by atoms with Gasteiger partial charge in [0.1, 0.15) is 6.23 Å². The zero-order chi connectivity index (χ0) is 22.1. The Morgan fingerprint density at radius 2 is 1.91 bits per heavy atom. The van der Waals surface area contributed by atoms with E-state index in [0.29, 0.717) is 19.4 Å². The van der Waals surface area contributed by atoms with Gasteiger partial charge in [0.25, 0.3) is 0 Å². The van der Waals surface area contributed by atoms with Crippen LogP contribution in [0.25, 0.3) is 10.9 Å². The fourth-order valence-electron chi connectivity index (χ4n) is 4.77. The van der Waals surface area contributed by atoms with Gasteiger partial charge in [0.05, 0.1) is 17.7 Å². The Balaban J connectivity index is 1.37. The smallest absolute Gasteiger partial charge is 0.230 e. The van der Waals surface area contributed by atoms with Crippen LogP contribution < -0.4 is 10.9 Å². The van der Waals surface area contributed by atoms with Gasteiger partial charge in [-0.25, -0.2) is 5.43 Å². The van der Waals surface area contributed by atoms with E-state index in [0.717, 1.165) is 17.9 Å². The summed E-state index contributed by atoms with van der Waals surface area (Å²) in [7, 11) is 0. The molecule has 0 bridgehead atoms. The first-order valence-corrected chi connectivity index (χ1v) is 11.6. The Labute approximate surface area is 188 Å². The van der Waals surface area contributed by atoms with Crippen LogP contribution in [0.15, 0.2) is 54.7 Å². The molecule has 1 aliphatic carbocycles. The number of aliphatic hydroxyl groups excluding tert-OH is 1. The van der Waals surface area contributed by atoms with Crippen LogP contribution >= 0.6 is 0 Å². The summed E-state index contributed by atoms with van der Waals surface area (Å²) >= 11 is 0. The lowest BCUT2D eigenvalue weighted by atomic mass is 10.0. The number of hydrazine groups is 1. The first-order chi connectivity index (χ1) is 15.6. The number of ether oxygens (including phenoxy) is 1. The van der Waals surface area contributed by atoms with E-state index in [1.54, 1.807) is 0 Å². The molecule has 32 heavy (non-hydrogen) atoms. The van der Waals surface area contributed by atoms with Crippen molar-refractivity contribution in [1.29, 1.82) is 0 Å². The number of benzene rings is 2. The maximum Gasteiger partial charge on any atom is 0.230 e. The van der Waals surface area contributed by atoms with Crippen molar-refractivity contribution in [1.82, 2.24) is 15.4 Å². The SMILES string of the molecule is CC(=O)NNC[C@@H]1C[C@H](O)C[C@H](n2cc(Cc3ccc(C4CC4)cc3)c3ccccc32)O1. The summed E-state index contributed by atoms with van der Waals surface area (Å²) in [5.74, 6) is 0.623. The van der Waals surface area contributed by atoms with Crippen molar-refractivity contribution in [3.05, 3.63) is 71.4 Å². The lowest BCUT2D eigenvalue weighted by Crippen LogP contribution is -2.45. The normalized spacial score (nSPS) is 23.4. The number of amides is 1. The Morgan fingerprint density at radius 3 is 2.66 bits per heavy atom. The summed E-state index contributed by atoms with van der Waals surface area (Å²) < 4.78 is 8.50. The van der Waals surface area contributed by atoms with Crippen molar-refractivity contribution in [2.45, 2.75) is 63.4 Å². The molecule has 1 aromatic heterocycles. The average molecular weight is 434 g/mol. The molecule has 3 aromatic rings. The molecule has 168 valence electrons. The van der Waals surface area contributed by atoms with Gasteiger partial charge in [0.2, 0.25) is 5.91 Å². The Morgan fingerprint density at radius 1 is 1.12 bits per heavy atom. The Kier molecular flexibility index (Phi) is 6.00. The molecular weight excluding hydrogens is 402 g/mol. The van der Waals surface area contributed by atoms with Crippen molar-refractivity contribution < 1.29 is 14.6 Å². The molecule has 2 fully saturated rings. The van der Waals surface area contributed by atoms with Gasteiger partial charge in [0, 0.05) is 37.9 Å². The van der Waals surface area contributed by atoms with E-state index in [-0.39, 0.29) is 18.2 Å². The lowest BCUT2D eigenvalue weighted by molar-refractivity contribution is -0.128. The van der Waals surface area contributed by atoms with E-state index in [1.807, 2.05) is 6.07 Å². The van der Waals surface area contributed by atoms with Crippen LogP contribution in [0.1, 0.15) is 61.4 Å². The minimum absolute atomic E-state index is 0.149. The largest absolute Gasteiger partial charge is 0.393 e. The summed E-state index contributed by atoms with van der Waals surface area (Å²) in [5.41, 5.74) is 10.6. The summed E-state index contributed by atoms with van der Waals surface area (Å²) in [6.07, 6.45) is 5.89. The monoisotopic (exact) mass is 433 g/mol. The van der Waals surface area contributed by atoms with Crippen LogP contribution in [0.5, 0.6) is 0 Å². The third-order valence-electron chi connectivity index (χ3n) is 6.51. The predicted molar refractivity (Wildman–Crippen MR) is 124 cm³/mol. The van der Waals surface area contributed by atoms with E-state index in [2.05, 4.69) is 64.1 Å². The molecule has 0 radical (unpaired) electrons. The molecule has 5 rings (SSSR count). The molecular formula is C26H31N3O3. The van der Waals surface area contributed by atoms with Gasteiger partial charge in [-0.05, 0) is 47.9 Å². The van der Waals surface area contributed by atoms with Crippen LogP contribution in [0.3, 0.4) is 0 Å². The zero-order valence-electron chi connectivity index (χ0n) is 18.5. The molecule has 6 heteroatoms. The van der Waals surface area contributed by atoms with E-state index < -0.39 is 6.10 Å². The minimum Gasteiger partial charge on any atom is -0.393 e. The number of rotatable bonds is 7. The number of carbonyl (C=O) groups excluding carboxylic acids is 1. The van der Waals surface area contributed by atoms with Crippen LogP contribution in [0.2, 0.25) is 0 Å². The highest BCUT2D eigenvalue weighted by atomic mass is 16.5. The molecule has 1 saturated heterocycles. The highest BCUT2D eigenvalue weighted by Gasteiger charge is 2.30. The number of nitrogens with one attached hydrogen (secondary N) is 2. The van der Waals surface area contributed by atoms with Crippen LogP contribution in [-0.2, 0) is 16.0 Å². The molecule has 1 amide bonds.